The normalized spacial score (nSPS) is 15.3. The topological polar surface area (TPSA) is 21.1 Å². The maximum atomic E-state index is 13.2. The van der Waals surface area contributed by atoms with E-state index in [9.17, 15) is 13.2 Å². The molecular weight excluding hydrogens is 351 g/mol. The molecule has 2 aromatic heterocycles. The van der Waals surface area contributed by atoms with Crippen molar-refractivity contribution in [2.75, 3.05) is 13.6 Å². The highest BCUT2D eigenvalue weighted by Gasteiger charge is 2.32. The van der Waals surface area contributed by atoms with Crippen molar-refractivity contribution in [3.63, 3.8) is 0 Å². The molecule has 0 N–H and O–H groups in total. The molecule has 142 valence electrons. The van der Waals surface area contributed by atoms with Gasteiger partial charge in [-0.25, -0.2) is 0 Å². The fourth-order valence-electron chi connectivity index (χ4n) is 3.90. The molecule has 4 rings (SSSR count). The van der Waals surface area contributed by atoms with Gasteiger partial charge < -0.3 is 9.47 Å². The quantitative estimate of drug-likeness (QED) is 0.669. The van der Waals surface area contributed by atoms with Crippen molar-refractivity contribution in [2.24, 2.45) is 0 Å². The van der Waals surface area contributed by atoms with Crippen LogP contribution in [0.5, 0.6) is 0 Å². The third-order valence-corrected chi connectivity index (χ3v) is 5.37. The zero-order chi connectivity index (χ0) is 19.2. The second-order valence-corrected chi connectivity index (χ2v) is 7.35. The number of fused-ring (bicyclic) bond motifs is 3. The molecular formula is C21H22F3N3. The molecule has 0 spiro atoms. The van der Waals surface area contributed by atoms with Crippen molar-refractivity contribution in [3.8, 4) is 0 Å². The Hall–Kier alpha value is -2.34. The molecule has 0 fully saturated rings. The Balaban J connectivity index is 1.76. The molecule has 0 saturated heterocycles. The first-order valence-electron chi connectivity index (χ1n) is 9.14. The summed E-state index contributed by atoms with van der Waals surface area (Å²) in [7, 11) is 2.01. The molecule has 3 aromatic rings. The standard InChI is InChI=1S/C21H22F3N3/c1-14-3-4-15(12-25-14)7-10-27-19-6-5-16(21(22,23)24)11-17(19)18-13-26(2)9-8-20(18)27/h3-6,11-12H,7-10,13H2,1-2H3. The van der Waals surface area contributed by atoms with Gasteiger partial charge in [0.25, 0.3) is 0 Å². The monoisotopic (exact) mass is 373 g/mol. The van der Waals surface area contributed by atoms with Crippen LogP contribution in [0.3, 0.4) is 0 Å². The van der Waals surface area contributed by atoms with Gasteiger partial charge in [0.05, 0.1) is 5.56 Å². The number of aryl methyl sites for hydroxylation is 3. The van der Waals surface area contributed by atoms with E-state index in [1.807, 2.05) is 26.2 Å². The van der Waals surface area contributed by atoms with Crippen LogP contribution in [0.2, 0.25) is 0 Å². The van der Waals surface area contributed by atoms with Crippen LogP contribution in [-0.2, 0) is 32.1 Å². The summed E-state index contributed by atoms with van der Waals surface area (Å²) in [5.74, 6) is 0. The van der Waals surface area contributed by atoms with Crippen LogP contribution in [0.15, 0.2) is 36.5 Å². The Labute approximate surface area is 156 Å². The first-order valence-corrected chi connectivity index (χ1v) is 9.14. The van der Waals surface area contributed by atoms with E-state index in [2.05, 4.69) is 20.5 Å². The first-order chi connectivity index (χ1) is 12.8. The Morgan fingerprint density at radius 2 is 1.96 bits per heavy atom. The third kappa shape index (κ3) is 3.46. The van der Waals surface area contributed by atoms with Crippen molar-refractivity contribution in [1.82, 2.24) is 14.5 Å². The van der Waals surface area contributed by atoms with E-state index < -0.39 is 11.7 Å². The predicted octanol–water partition coefficient (Wildman–Crippen LogP) is 4.59. The molecule has 0 saturated carbocycles. The second-order valence-electron chi connectivity index (χ2n) is 7.35. The van der Waals surface area contributed by atoms with E-state index in [1.54, 1.807) is 6.07 Å². The predicted molar refractivity (Wildman–Crippen MR) is 99.7 cm³/mol. The number of aromatic nitrogens is 2. The molecule has 1 aliphatic heterocycles. The van der Waals surface area contributed by atoms with E-state index in [0.717, 1.165) is 53.7 Å². The van der Waals surface area contributed by atoms with E-state index in [1.165, 1.54) is 17.8 Å². The number of rotatable bonds is 3. The van der Waals surface area contributed by atoms with Crippen molar-refractivity contribution in [3.05, 3.63) is 64.6 Å². The minimum Gasteiger partial charge on any atom is -0.344 e. The van der Waals surface area contributed by atoms with E-state index in [-0.39, 0.29) is 0 Å². The lowest BCUT2D eigenvalue weighted by Gasteiger charge is -2.24. The van der Waals surface area contributed by atoms with Gasteiger partial charge in [0, 0.05) is 54.5 Å². The molecule has 0 radical (unpaired) electrons. The minimum atomic E-state index is -4.32. The summed E-state index contributed by atoms with van der Waals surface area (Å²) in [6.07, 6.45) is -0.783. The smallest absolute Gasteiger partial charge is 0.344 e. The van der Waals surface area contributed by atoms with Crippen molar-refractivity contribution >= 4 is 10.9 Å². The van der Waals surface area contributed by atoms with E-state index in [0.29, 0.717) is 6.54 Å². The Bertz CT molecular complexity index is 971. The first kappa shape index (κ1) is 18.0. The number of halogens is 3. The van der Waals surface area contributed by atoms with Gasteiger partial charge in [-0.3, -0.25) is 4.98 Å². The van der Waals surface area contributed by atoms with Crippen LogP contribution in [0.1, 0.15) is 28.1 Å². The minimum absolute atomic E-state index is 0.578. The van der Waals surface area contributed by atoms with Crippen molar-refractivity contribution < 1.29 is 13.2 Å². The maximum Gasteiger partial charge on any atom is 0.416 e. The Kier molecular flexibility index (Phi) is 4.46. The SMILES string of the molecule is Cc1ccc(CCn2c3c(c4cc(C(F)(F)F)ccc42)CN(C)CC3)cn1. The maximum absolute atomic E-state index is 13.2. The number of hydrogen-bond acceptors (Lipinski definition) is 2. The average molecular weight is 373 g/mol. The summed E-state index contributed by atoms with van der Waals surface area (Å²) in [4.78, 5) is 6.50. The number of alkyl halides is 3. The molecule has 1 aromatic carbocycles. The van der Waals surface area contributed by atoms with Crippen LogP contribution >= 0.6 is 0 Å². The van der Waals surface area contributed by atoms with Crippen molar-refractivity contribution in [2.45, 2.75) is 39.0 Å². The summed E-state index contributed by atoms with van der Waals surface area (Å²) >= 11 is 0. The lowest BCUT2D eigenvalue weighted by atomic mass is 10.0. The van der Waals surface area contributed by atoms with Crippen LogP contribution in [0.25, 0.3) is 10.9 Å². The highest BCUT2D eigenvalue weighted by molar-refractivity contribution is 5.86. The van der Waals surface area contributed by atoms with E-state index >= 15 is 0 Å². The lowest BCUT2D eigenvalue weighted by Crippen LogP contribution is -2.27. The average Bonchev–Trinajstić information content (AvgIpc) is 2.93. The molecule has 0 aliphatic carbocycles. The molecule has 3 nitrogen and oxygen atoms in total. The molecule has 0 bridgehead atoms. The fourth-order valence-corrected chi connectivity index (χ4v) is 3.90. The van der Waals surface area contributed by atoms with Gasteiger partial charge in [0.1, 0.15) is 0 Å². The van der Waals surface area contributed by atoms with Gasteiger partial charge in [-0.1, -0.05) is 6.07 Å². The summed E-state index contributed by atoms with van der Waals surface area (Å²) < 4.78 is 41.8. The number of pyridine rings is 1. The number of benzene rings is 1. The van der Waals surface area contributed by atoms with Crippen LogP contribution < -0.4 is 0 Å². The lowest BCUT2D eigenvalue weighted by molar-refractivity contribution is -0.137. The summed E-state index contributed by atoms with van der Waals surface area (Å²) in [6, 6.07) is 8.20. The Morgan fingerprint density at radius 3 is 2.67 bits per heavy atom. The van der Waals surface area contributed by atoms with Gasteiger partial charge in [-0.05, 0) is 55.8 Å². The molecule has 27 heavy (non-hydrogen) atoms. The zero-order valence-corrected chi connectivity index (χ0v) is 15.5. The van der Waals surface area contributed by atoms with Gasteiger partial charge in [-0.15, -0.1) is 0 Å². The summed E-state index contributed by atoms with van der Waals surface area (Å²) in [6.45, 7) is 4.30. The van der Waals surface area contributed by atoms with E-state index in [4.69, 9.17) is 0 Å². The van der Waals surface area contributed by atoms with Gasteiger partial charge in [0.2, 0.25) is 0 Å². The van der Waals surface area contributed by atoms with Crippen LogP contribution in [0, 0.1) is 6.92 Å². The number of likely N-dealkylation sites (N-methyl/N-ethyl adjacent to an activating group) is 1. The van der Waals surface area contributed by atoms with Gasteiger partial charge in [0.15, 0.2) is 0 Å². The third-order valence-electron chi connectivity index (χ3n) is 5.37. The highest BCUT2D eigenvalue weighted by Crippen LogP contribution is 2.36. The molecule has 1 aliphatic rings. The second kappa shape index (κ2) is 6.68. The zero-order valence-electron chi connectivity index (χ0n) is 15.5. The summed E-state index contributed by atoms with van der Waals surface area (Å²) in [5, 5.41) is 0.730. The molecule has 0 atom stereocenters. The van der Waals surface area contributed by atoms with Crippen molar-refractivity contribution in [1.29, 1.82) is 0 Å². The number of hydrogen-bond donors (Lipinski definition) is 0. The Morgan fingerprint density at radius 1 is 1.15 bits per heavy atom. The van der Waals surface area contributed by atoms with Crippen LogP contribution in [0.4, 0.5) is 13.2 Å². The van der Waals surface area contributed by atoms with Gasteiger partial charge in [-0.2, -0.15) is 13.2 Å². The fraction of sp³-hybridized carbons (Fsp3) is 0.381. The molecule has 0 amide bonds. The molecule has 3 heterocycles. The highest BCUT2D eigenvalue weighted by atomic mass is 19.4. The van der Waals surface area contributed by atoms with Gasteiger partial charge >= 0.3 is 6.18 Å². The van der Waals surface area contributed by atoms with Crippen LogP contribution in [-0.4, -0.2) is 28.0 Å². The molecule has 0 unspecified atom stereocenters. The summed E-state index contributed by atoms with van der Waals surface area (Å²) in [5.41, 5.74) is 4.63. The number of nitrogens with zero attached hydrogens (tertiary/aromatic N) is 3. The molecule has 6 heteroatoms. The largest absolute Gasteiger partial charge is 0.416 e.